The van der Waals surface area contributed by atoms with Gasteiger partial charge in [0.05, 0.1) is 6.54 Å². The Balaban J connectivity index is 0. The van der Waals surface area contributed by atoms with Crippen molar-refractivity contribution in [1.82, 2.24) is 5.43 Å². The average Bonchev–Trinajstić information content (AvgIpc) is 1.35. The second-order valence-corrected chi connectivity index (χ2v) is 0.889. The molecule has 5 heteroatoms. The maximum absolute atomic E-state index is 7.97. The van der Waals surface area contributed by atoms with Gasteiger partial charge in [-0.05, 0) is 0 Å². The van der Waals surface area contributed by atoms with E-state index in [1.54, 1.807) is 0 Å². The molecule has 0 bridgehead atoms. The lowest BCUT2D eigenvalue weighted by Gasteiger charge is -1.97. The molecule has 0 aliphatic carbocycles. The van der Waals surface area contributed by atoms with Crippen molar-refractivity contribution in [3.05, 3.63) is 0 Å². The van der Waals surface area contributed by atoms with E-state index < -0.39 is 6.29 Å². The summed E-state index contributed by atoms with van der Waals surface area (Å²) in [5.74, 6) is 4.66. The molecule has 0 rings (SSSR count). The maximum Gasteiger partial charge on any atom is 0.165 e. The lowest BCUT2D eigenvalue weighted by molar-refractivity contribution is -0.0370. The zero-order chi connectivity index (χ0) is 4.99. The van der Waals surface area contributed by atoms with Gasteiger partial charge in [-0.1, -0.05) is 0 Å². The van der Waals surface area contributed by atoms with Gasteiger partial charge in [-0.15, -0.1) is 12.4 Å². The fraction of sp³-hybridized carbons (Fsp3) is 1.00. The van der Waals surface area contributed by atoms with Crippen LogP contribution in [0.1, 0.15) is 0 Å². The maximum atomic E-state index is 7.97. The van der Waals surface area contributed by atoms with Crippen molar-refractivity contribution in [3.63, 3.8) is 0 Å². The first-order chi connectivity index (χ1) is 2.77. The molecule has 0 saturated carbocycles. The Labute approximate surface area is 47.7 Å². The number of aliphatic hydroxyl groups is 2. The minimum atomic E-state index is -1.34. The van der Waals surface area contributed by atoms with E-state index in [1.807, 2.05) is 0 Å². The first-order valence-electron chi connectivity index (χ1n) is 1.57. The monoisotopic (exact) mass is 128 g/mol. The van der Waals surface area contributed by atoms with Crippen LogP contribution in [0.25, 0.3) is 0 Å². The third kappa shape index (κ3) is 10.7. The normalized spacial score (nSPS) is 8.57. The van der Waals surface area contributed by atoms with Crippen molar-refractivity contribution in [2.45, 2.75) is 6.29 Å². The number of hydrazine groups is 1. The number of aliphatic hydroxyl groups excluding tert-OH is 1. The van der Waals surface area contributed by atoms with Crippen LogP contribution >= 0.6 is 12.4 Å². The van der Waals surface area contributed by atoms with Crippen LogP contribution < -0.4 is 11.3 Å². The van der Waals surface area contributed by atoms with Crippen LogP contribution in [0, 0.1) is 0 Å². The molecule has 0 radical (unpaired) electrons. The van der Waals surface area contributed by atoms with Gasteiger partial charge in [0, 0.05) is 0 Å². The number of hydrogen-bond acceptors (Lipinski definition) is 4. The minimum Gasteiger partial charge on any atom is -0.367 e. The Morgan fingerprint density at radius 1 is 1.57 bits per heavy atom. The van der Waals surface area contributed by atoms with E-state index in [2.05, 4.69) is 11.3 Å². The summed E-state index contributed by atoms with van der Waals surface area (Å²) in [6.45, 7) is 0.0139. The molecule has 0 fully saturated rings. The van der Waals surface area contributed by atoms with Gasteiger partial charge >= 0.3 is 0 Å². The van der Waals surface area contributed by atoms with Crippen LogP contribution in [0.4, 0.5) is 0 Å². The summed E-state index contributed by atoms with van der Waals surface area (Å²) in [5.41, 5.74) is 2.07. The second-order valence-electron chi connectivity index (χ2n) is 0.889. The number of rotatable bonds is 2. The predicted octanol–water partition coefficient (Wildman–Crippen LogP) is -1.82. The summed E-state index contributed by atoms with van der Waals surface area (Å²) in [4.78, 5) is 0. The topological polar surface area (TPSA) is 78.5 Å². The number of nitrogens with one attached hydrogen (secondary N) is 1. The summed E-state index contributed by atoms with van der Waals surface area (Å²) in [7, 11) is 0. The van der Waals surface area contributed by atoms with E-state index in [0.29, 0.717) is 0 Å². The zero-order valence-corrected chi connectivity index (χ0v) is 4.48. The molecule has 5 N–H and O–H groups in total. The van der Waals surface area contributed by atoms with Gasteiger partial charge in [0.2, 0.25) is 0 Å². The molecular formula is C2H9ClN2O2. The first-order valence-corrected chi connectivity index (χ1v) is 1.57. The van der Waals surface area contributed by atoms with Crippen molar-refractivity contribution >= 4 is 12.4 Å². The van der Waals surface area contributed by atoms with Crippen molar-refractivity contribution in [2.75, 3.05) is 6.54 Å². The van der Waals surface area contributed by atoms with Crippen molar-refractivity contribution in [3.8, 4) is 0 Å². The van der Waals surface area contributed by atoms with E-state index in [0.717, 1.165) is 0 Å². The minimum absolute atomic E-state index is 0. The molecular weight excluding hydrogens is 119 g/mol. The van der Waals surface area contributed by atoms with Crippen LogP contribution in [0.3, 0.4) is 0 Å². The lowest BCUT2D eigenvalue weighted by atomic mass is 10.7. The Bertz CT molecular complexity index is 34.9. The van der Waals surface area contributed by atoms with E-state index in [9.17, 15) is 0 Å². The molecule has 0 atom stereocenters. The van der Waals surface area contributed by atoms with Crippen LogP contribution in [0.2, 0.25) is 0 Å². The highest BCUT2D eigenvalue weighted by molar-refractivity contribution is 5.85. The van der Waals surface area contributed by atoms with Gasteiger partial charge < -0.3 is 10.2 Å². The highest BCUT2D eigenvalue weighted by atomic mass is 35.5. The van der Waals surface area contributed by atoms with Gasteiger partial charge in [-0.3, -0.25) is 11.3 Å². The molecule has 0 unspecified atom stereocenters. The molecule has 0 aromatic rings. The van der Waals surface area contributed by atoms with Gasteiger partial charge in [0.1, 0.15) is 0 Å². The number of nitrogens with two attached hydrogens (primary N) is 1. The Morgan fingerprint density at radius 2 is 2.00 bits per heavy atom. The molecule has 0 aliphatic heterocycles. The third-order valence-corrected chi connectivity index (χ3v) is 0.300. The molecule has 0 amide bonds. The zero-order valence-electron chi connectivity index (χ0n) is 3.66. The third-order valence-electron chi connectivity index (χ3n) is 0.300. The summed E-state index contributed by atoms with van der Waals surface area (Å²) in [6, 6.07) is 0. The smallest absolute Gasteiger partial charge is 0.165 e. The summed E-state index contributed by atoms with van der Waals surface area (Å²) >= 11 is 0. The fourth-order valence-corrected chi connectivity index (χ4v) is 0.105. The number of hydrogen-bond donors (Lipinski definition) is 4. The molecule has 0 saturated heterocycles. The van der Waals surface area contributed by atoms with Crippen LogP contribution in [-0.4, -0.2) is 23.0 Å². The molecule has 0 heterocycles. The summed E-state index contributed by atoms with van der Waals surface area (Å²) in [5, 5.41) is 15.9. The van der Waals surface area contributed by atoms with Crippen molar-refractivity contribution in [2.24, 2.45) is 5.84 Å². The number of halogens is 1. The molecule has 0 aromatic heterocycles. The first kappa shape index (κ1) is 10.2. The van der Waals surface area contributed by atoms with E-state index in [1.165, 1.54) is 0 Å². The van der Waals surface area contributed by atoms with Gasteiger partial charge in [0.25, 0.3) is 0 Å². The molecule has 46 valence electrons. The average molecular weight is 129 g/mol. The van der Waals surface area contributed by atoms with E-state index in [4.69, 9.17) is 10.2 Å². The quantitative estimate of drug-likeness (QED) is 0.201. The van der Waals surface area contributed by atoms with E-state index >= 15 is 0 Å². The predicted molar refractivity (Wildman–Crippen MR) is 27.7 cm³/mol. The molecule has 0 aromatic carbocycles. The Kier molecular flexibility index (Phi) is 8.92. The standard InChI is InChI=1S/C2H8N2O2.ClH/c3-4-1-2(5)6;/h2,4-6H,1,3H2;1H. The molecule has 7 heavy (non-hydrogen) atoms. The molecule has 4 nitrogen and oxygen atoms in total. The van der Waals surface area contributed by atoms with Crippen molar-refractivity contribution < 1.29 is 10.2 Å². The summed E-state index contributed by atoms with van der Waals surface area (Å²) in [6.07, 6.45) is -1.34. The van der Waals surface area contributed by atoms with Crippen LogP contribution in [0.15, 0.2) is 0 Å². The van der Waals surface area contributed by atoms with Crippen molar-refractivity contribution in [1.29, 1.82) is 0 Å². The van der Waals surface area contributed by atoms with E-state index in [-0.39, 0.29) is 19.0 Å². The highest BCUT2D eigenvalue weighted by Crippen LogP contribution is 1.62. The SMILES string of the molecule is Cl.NNCC(O)O. The van der Waals surface area contributed by atoms with Crippen LogP contribution in [-0.2, 0) is 0 Å². The largest absolute Gasteiger partial charge is 0.367 e. The fourth-order valence-electron chi connectivity index (χ4n) is 0.105. The summed E-state index contributed by atoms with van der Waals surface area (Å²) < 4.78 is 0. The molecule has 0 aliphatic rings. The second kappa shape index (κ2) is 6.13. The van der Waals surface area contributed by atoms with Crippen LogP contribution in [0.5, 0.6) is 0 Å². The lowest BCUT2D eigenvalue weighted by Crippen LogP contribution is -2.31. The van der Waals surface area contributed by atoms with Gasteiger partial charge in [0.15, 0.2) is 6.29 Å². The Morgan fingerprint density at radius 3 is 2.00 bits per heavy atom. The molecule has 0 spiro atoms. The highest BCUT2D eigenvalue weighted by Gasteiger charge is 1.88. The Hall–Kier alpha value is 0.130. The van der Waals surface area contributed by atoms with Gasteiger partial charge in [-0.2, -0.15) is 0 Å². The van der Waals surface area contributed by atoms with Gasteiger partial charge in [-0.25, -0.2) is 0 Å².